The van der Waals surface area contributed by atoms with Gasteiger partial charge in [-0.05, 0) is 52.6 Å². The molecule has 3 rings (SSSR count). The number of anilines is 1. The van der Waals surface area contributed by atoms with Crippen LogP contribution in [-0.2, 0) is 0 Å². The SMILES string of the molecule is Cc1ncnc(N2C[C@H]3CC[C@@H](C2)C3N(C)C)c1C. The van der Waals surface area contributed by atoms with Crippen LogP contribution in [0.4, 0.5) is 5.82 Å². The highest BCUT2D eigenvalue weighted by Crippen LogP contribution is 2.40. The maximum atomic E-state index is 4.53. The van der Waals surface area contributed by atoms with Gasteiger partial charge in [-0.2, -0.15) is 0 Å². The smallest absolute Gasteiger partial charge is 0.135 e. The van der Waals surface area contributed by atoms with Crippen LogP contribution >= 0.6 is 0 Å². The molecule has 1 unspecified atom stereocenters. The van der Waals surface area contributed by atoms with Crippen LogP contribution in [0.1, 0.15) is 24.1 Å². The Labute approximate surface area is 115 Å². The molecule has 1 aromatic rings. The molecule has 4 nitrogen and oxygen atoms in total. The normalized spacial score (nSPS) is 30.2. The maximum Gasteiger partial charge on any atom is 0.135 e. The summed E-state index contributed by atoms with van der Waals surface area (Å²) in [6, 6.07) is 0.763. The van der Waals surface area contributed by atoms with Crippen molar-refractivity contribution in [1.29, 1.82) is 0 Å². The molecule has 3 atom stereocenters. The van der Waals surface area contributed by atoms with Crippen molar-refractivity contribution in [3.63, 3.8) is 0 Å². The Morgan fingerprint density at radius 2 is 1.74 bits per heavy atom. The highest BCUT2D eigenvalue weighted by molar-refractivity contribution is 5.48. The van der Waals surface area contributed by atoms with E-state index in [1.54, 1.807) is 6.33 Å². The van der Waals surface area contributed by atoms with E-state index in [1.165, 1.54) is 18.4 Å². The highest BCUT2D eigenvalue weighted by atomic mass is 15.2. The van der Waals surface area contributed by atoms with E-state index in [2.05, 4.69) is 47.7 Å². The Morgan fingerprint density at radius 3 is 2.32 bits per heavy atom. The van der Waals surface area contributed by atoms with E-state index >= 15 is 0 Å². The second-order valence-corrected chi connectivity index (χ2v) is 6.36. The van der Waals surface area contributed by atoms with Gasteiger partial charge in [0.2, 0.25) is 0 Å². The number of nitrogens with zero attached hydrogens (tertiary/aromatic N) is 4. The zero-order chi connectivity index (χ0) is 13.6. The van der Waals surface area contributed by atoms with Gasteiger partial charge in [-0.25, -0.2) is 9.97 Å². The van der Waals surface area contributed by atoms with E-state index in [1.807, 2.05) is 0 Å². The number of hydrogen-bond donors (Lipinski definition) is 0. The second-order valence-electron chi connectivity index (χ2n) is 6.36. The number of rotatable bonds is 2. The van der Waals surface area contributed by atoms with E-state index in [4.69, 9.17) is 0 Å². The lowest BCUT2D eigenvalue weighted by Crippen LogP contribution is -2.51. The van der Waals surface area contributed by atoms with Crippen LogP contribution in [0.3, 0.4) is 0 Å². The van der Waals surface area contributed by atoms with Crippen LogP contribution in [0.15, 0.2) is 6.33 Å². The first-order chi connectivity index (χ1) is 9.08. The van der Waals surface area contributed by atoms with E-state index in [9.17, 15) is 0 Å². The van der Waals surface area contributed by atoms with E-state index < -0.39 is 0 Å². The van der Waals surface area contributed by atoms with Crippen LogP contribution in [0.5, 0.6) is 0 Å². The molecule has 1 aliphatic carbocycles. The standard InChI is InChI=1S/C15H24N4/c1-10-11(2)16-9-17-15(10)19-7-12-5-6-13(8-19)14(12)18(3)4/h9,12-14H,5-8H2,1-4H3/t12-,13+,14?. The molecular weight excluding hydrogens is 236 g/mol. The second kappa shape index (κ2) is 4.75. The van der Waals surface area contributed by atoms with Crippen LogP contribution in [0, 0.1) is 25.7 Å². The number of piperidine rings is 1. The van der Waals surface area contributed by atoms with Crippen LogP contribution < -0.4 is 4.90 Å². The van der Waals surface area contributed by atoms with Crippen molar-refractivity contribution in [2.45, 2.75) is 32.7 Å². The van der Waals surface area contributed by atoms with Gasteiger partial charge in [0.05, 0.1) is 0 Å². The minimum Gasteiger partial charge on any atom is -0.356 e. The van der Waals surface area contributed by atoms with Gasteiger partial charge in [0, 0.05) is 30.4 Å². The molecule has 0 spiro atoms. The highest BCUT2D eigenvalue weighted by Gasteiger charge is 2.43. The number of hydrogen-bond acceptors (Lipinski definition) is 4. The molecule has 4 heteroatoms. The predicted molar refractivity (Wildman–Crippen MR) is 77.4 cm³/mol. The average molecular weight is 260 g/mol. The average Bonchev–Trinajstić information content (AvgIpc) is 2.64. The van der Waals surface area contributed by atoms with E-state index in [0.717, 1.165) is 42.5 Å². The summed E-state index contributed by atoms with van der Waals surface area (Å²) in [7, 11) is 4.46. The molecule has 1 saturated heterocycles. The Bertz CT molecular complexity index is 457. The van der Waals surface area contributed by atoms with Crippen molar-refractivity contribution in [3.8, 4) is 0 Å². The lowest BCUT2D eigenvalue weighted by Gasteiger charge is -2.42. The summed E-state index contributed by atoms with van der Waals surface area (Å²) < 4.78 is 0. The molecule has 2 heterocycles. The molecule has 2 bridgehead atoms. The molecule has 2 fully saturated rings. The molecule has 0 N–H and O–H groups in total. The van der Waals surface area contributed by atoms with Crippen molar-refractivity contribution in [2.24, 2.45) is 11.8 Å². The summed E-state index contributed by atoms with van der Waals surface area (Å²) in [6.45, 7) is 6.51. The van der Waals surface area contributed by atoms with Gasteiger partial charge in [-0.15, -0.1) is 0 Å². The first kappa shape index (κ1) is 12.9. The van der Waals surface area contributed by atoms with Crippen molar-refractivity contribution in [1.82, 2.24) is 14.9 Å². The molecule has 104 valence electrons. The van der Waals surface area contributed by atoms with Crippen LogP contribution in [0.25, 0.3) is 0 Å². The third-order valence-corrected chi connectivity index (χ3v) is 4.99. The lowest BCUT2D eigenvalue weighted by molar-refractivity contribution is 0.171. The molecule has 1 aromatic heterocycles. The van der Waals surface area contributed by atoms with Gasteiger partial charge in [0.15, 0.2) is 0 Å². The zero-order valence-corrected chi connectivity index (χ0v) is 12.4. The fourth-order valence-electron chi connectivity index (χ4n) is 4.05. The topological polar surface area (TPSA) is 32.3 Å². The van der Waals surface area contributed by atoms with Gasteiger partial charge in [-0.1, -0.05) is 0 Å². The molecule has 1 saturated carbocycles. The van der Waals surface area contributed by atoms with Gasteiger partial charge in [-0.3, -0.25) is 0 Å². The molecule has 1 aliphatic heterocycles. The number of aromatic nitrogens is 2. The molecular formula is C15H24N4. The monoisotopic (exact) mass is 260 g/mol. The molecule has 0 amide bonds. The van der Waals surface area contributed by atoms with Crippen molar-refractivity contribution in [3.05, 3.63) is 17.6 Å². The summed E-state index contributed by atoms with van der Waals surface area (Å²) in [6.07, 6.45) is 4.44. The molecule has 2 aliphatic rings. The number of aryl methyl sites for hydroxylation is 1. The van der Waals surface area contributed by atoms with Crippen molar-refractivity contribution in [2.75, 3.05) is 32.1 Å². The Hall–Kier alpha value is -1.16. The number of fused-ring (bicyclic) bond motifs is 2. The minimum absolute atomic E-state index is 0.763. The van der Waals surface area contributed by atoms with Gasteiger partial charge in [0.1, 0.15) is 12.1 Å². The summed E-state index contributed by atoms with van der Waals surface area (Å²) >= 11 is 0. The Kier molecular flexibility index (Phi) is 3.21. The van der Waals surface area contributed by atoms with Gasteiger partial charge >= 0.3 is 0 Å². The molecule has 19 heavy (non-hydrogen) atoms. The van der Waals surface area contributed by atoms with Gasteiger partial charge in [0.25, 0.3) is 0 Å². The lowest BCUT2D eigenvalue weighted by atomic mass is 9.91. The summed E-state index contributed by atoms with van der Waals surface area (Å²) in [4.78, 5) is 13.7. The van der Waals surface area contributed by atoms with Crippen LogP contribution in [0.2, 0.25) is 0 Å². The summed E-state index contributed by atoms with van der Waals surface area (Å²) in [5, 5.41) is 0. The molecule has 0 aromatic carbocycles. The van der Waals surface area contributed by atoms with E-state index in [-0.39, 0.29) is 0 Å². The third-order valence-electron chi connectivity index (χ3n) is 4.99. The largest absolute Gasteiger partial charge is 0.356 e. The van der Waals surface area contributed by atoms with Crippen molar-refractivity contribution < 1.29 is 0 Å². The maximum absolute atomic E-state index is 4.53. The summed E-state index contributed by atoms with van der Waals surface area (Å²) in [5.74, 6) is 2.74. The van der Waals surface area contributed by atoms with Gasteiger partial charge < -0.3 is 9.80 Å². The van der Waals surface area contributed by atoms with Crippen molar-refractivity contribution >= 4 is 5.82 Å². The fraction of sp³-hybridized carbons (Fsp3) is 0.733. The zero-order valence-electron chi connectivity index (χ0n) is 12.4. The molecule has 0 radical (unpaired) electrons. The fourth-order valence-corrected chi connectivity index (χ4v) is 4.05. The first-order valence-electron chi connectivity index (χ1n) is 7.27. The Morgan fingerprint density at radius 1 is 1.11 bits per heavy atom. The minimum atomic E-state index is 0.763. The Balaban J connectivity index is 1.85. The van der Waals surface area contributed by atoms with E-state index in [0.29, 0.717) is 0 Å². The predicted octanol–water partition coefficient (Wildman–Crippen LogP) is 1.87. The third kappa shape index (κ3) is 2.12. The van der Waals surface area contributed by atoms with Crippen LogP contribution in [-0.4, -0.2) is 48.1 Å². The summed E-state index contributed by atoms with van der Waals surface area (Å²) in [5.41, 5.74) is 2.34. The first-order valence-corrected chi connectivity index (χ1v) is 7.27. The quantitative estimate of drug-likeness (QED) is 0.812.